The Kier molecular flexibility index (Phi) is 6.87. The minimum absolute atomic E-state index is 0.0917. The fourth-order valence-corrected chi connectivity index (χ4v) is 2.84. The van der Waals surface area contributed by atoms with Gasteiger partial charge in [0.2, 0.25) is 5.91 Å². The van der Waals surface area contributed by atoms with Crippen LogP contribution in [0.25, 0.3) is 0 Å². The number of hydrogen-bond acceptors (Lipinski definition) is 3. The first-order chi connectivity index (χ1) is 10.7. The minimum Gasteiger partial charge on any atom is -0.374 e. The van der Waals surface area contributed by atoms with E-state index >= 15 is 0 Å². The van der Waals surface area contributed by atoms with Crippen LogP contribution in [0.2, 0.25) is 0 Å². The van der Waals surface area contributed by atoms with E-state index in [0.29, 0.717) is 6.54 Å². The van der Waals surface area contributed by atoms with Gasteiger partial charge in [0, 0.05) is 32.1 Å². The topological polar surface area (TPSA) is 41.6 Å². The third-order valence-electron chi connectivity index (χ3n) is 4.15. The van der Waals surface area contributed by atoms with E-state index in [9.17, 15) is 4.79 Å². The van der Waals surface area contributed by atoms with E-state index in [-0.39, 0.29) is 17.9 Å². The molecule has 0 radical (unpaired) electrons. The van der Waals surface area contributed by atoms with Crippen molar-refractivity contribution >= 4 is 5.91 Å². The number of hydrogen-bond donors (Lipinski definition) is 1. The fourth-order valence-electron chi connectivity index (χ4n) is 2.84. The summed E-state index contributed by atoms with van der Waals surface area (Å²) in [5, 5.41) is 3.03. The van der Waals surface area contributed by atoms with Gasteiger partial charge >= 0.3 is 0 Å². The molecule has 0 spiro atoms. The summed E-state index contributed by atoms with van der Waals surface area (Å²) in [6.07, 6.45) is 2.08. The van der Waals surface area contributed by atoms with E-state index in [1.165, 1.54) is 5.56 Å². The molecule has 2 atom stereocenters. The Bertz CT molecular complexity index is 450. The maximum atomic E-state index is 12.0. The van der Waals surface area contributed by atoms with Crippen LogP contribution in [0.15, 0.2) is 30.3 Å². The summed E-state index contributed by atoms with van der Waals surface area (Å²) in [6, 6.07) is 10.5. The molecule has 1 aromatic rings. The molecule has 1 aromatic carbocycles. The Morgan fingerprint density at radius 1 is 1.41 bits per heavy atom. The zero-order chi connectivity index (χ0) is 15.8. The van der Waals surface area contributed by atoms with Crippen molar-refractivity contribution in [2.24, 2.45) is 5.92 Å². The van der Waals surface area contributed by atoms with Gasteiger partial charge in [-0.15, -0.1) is 0 Å². The van der Waals surface area contributed by atoms with Crippen molar-refractivity contribution in [1.82, 2.24) is 10.2 Å². The van der Waals surface area contributed by atoms with Crippen molar-refractivity contribution in [3.05, 3.63) is 35.9 Å². The summed E-state index contributed by atoms with van der Waals surface area (Å²) in [5.74, 6) is 0.236. The van der Waals surface area contributed by atoms with Gasteiger partial charge in [0.15, 0.2) is 0 Å². The lowest BCUT2D eigenvalue weighted by Crippen LogP contribution is -2.47. The highest BCUT2D eigenvalue weighted by Crippen LogP contribution is 2.10. The summed E-state index contributed by atoms with van der Waals surface area (Å²) in [7, 11) is 0. The molecule has 2 unspecified atom stereocenters. The van der Waals surface area contributed by atoms with Crippen LogP contribution < -0.4 is 5.32 Å². The molecule has 0 aromatic heterocycles. The van der Waals surface area contributed by atoms with Crippen molar-refractivity contribution < 1.29 is 9.53 Å². The molecule has 0 aliphatic carbocycles. The van der Waals surface area contributed by atoms with Gasteiger partial charge in [-0.25, -0.2) is 0 Å². The quantitative estimate of drug-likeness (QED) is 0.841. The Hall–Kier alpha value is -1.39. The van der Waals surface area contributed by atoms with Crippen LogP contribution in [0.5, 0.6) is 0 Å². The first-order valence-corrected chi connectivity index (χ1v) is 8.34. The molecule has 22 heavy (non-hydrogen) atoms. The van der Waals surface area contributed by atoms with E-state index in [1.54, 1.807) is 0 Å². The van der Waals surface area contributed by atoms with Gasteiger partial charge in [-0.1, -0.05) is 50.6 Å². The summed E-state index contributed by atoms with van der Waals surface area (Å²) in [4.78, 5) is 14.4. The molecule has 1 N–H and O–H groups in total. The molecule has 1 aliphatic rings. The van der Waals surface area contributed by atoms with Crippen molar-refractivity contribution in [2.75, 3.05) is 26.2 Å². The van der Waals surface area contributed by atoms with Crippen LogP contribution in [0.4, 0.5) is 0 Å². The normalized spacial score (nSPS) is 20.5. The molecule has 0 bridgehead atoms. The Balaban J connectivity index is 1.75. The lowest BCUT2D eigenvalue weighted by Gasteiger charge is -2.33. The van der Waals surface area contributed by atoms with E-state index in [4.69, 9.17) is 4.74 Å². The predicted octanol–water partition coefficient (Wildman–Crippen LogP) is 2.44. The smallest absolute Gasteiger partial charge is 0.222 e. The highest BCUT2D eigenvalue weighted by Gasteiger charge is 2.21. The molecule has 1 fully saturated rings. The second-order valence-electron chi connectivity index (χ2n) is 6.15. The number of benzene rings is 1. The number of nitrogens with zero attached hydrogens (tertiary/aromatic N) is 1. The maximum absolute atomic E-state index is 12.0. The van der Waals surface area contributed by atoms with Crippen molar-refractivity contribution in [3.63, 3.8) is 0 Å². The fraction of sp³-hybridized carbons (Fsp3) is 0.611. The Morgan fingerprint density at radius 3 is 2.91 bits per heavy atom. The number of carbonyl (C=O) groups excluding carboxylic acids is 1. The summed E-state index contributed by atoms with van der Waals surface area (Å²) >= 11 is 0. The molecule has 1 saturated heterocycles. The number of carbonyl (C=O) groups is 1. The van der Waals surface area contributed by atoms with E-state index in [0.717, 1.165) is 39.1 Å². The van der Waals surface area contributed by atoms with Gasteiger partial charge in [-0.05, 0) is 12.0 Å². The Morgan fingerprint density at radius 2 is 2.18 bits per heavy atom. The predicted molar refractivity (Wildman–Crippen MR) is 88.5 cm³/mol. The number of amides is 1. The monoisotopic (exact) mass is 304 g/mol. The molecule has 1 heterocycles. The highest BCUT2D eigenvalue weighted by atomic mass is 16.5. The first kappa shape index (κ1) is 17.0. The van der Waals surface area contributed by atoms with Gasteiger partial charge in [-0.3, -0.25) is 9.69 Å². The maximum Gasteiger partial charge on any atom is 0.222 e. The molecule has 2 rings (SSSR count). The zero-order valence-electron chi connectivity index (χ0n) is 13.8. The minimum atomic E-state index is 0.0917. The lowest BCUT2D eigenvalue weighted by molar-refractivity contribution is -0.125. The first-order valence-electron chi connectivity index (χ1n) is 8.34. The average Bonchev–Trinajstić information content (AvgIpc) is 2.54. The number of rotatable bonds is 7. The van der Waals surface area contributed by atoms with Crippen LogP contribution in [-0.4, -0.2) is 43.2 Å². The average molecular weight is 304 g/mol. The van der Waals surface area contributed by atoms with E-state index < -0.39 is 0 Å². The van der Waals surface area contributed by atoms with E-state index in [2.05, 4.69) is 41.4 Å². The molecular weight excluding hydrogens is 276 g/mol. The molecule has 1 amide bonds. The van der Waals surface area contributed by atoms with Crippen LogP contribution in [-0.2, 0) is 16.1 Å². The second-order valence-corrected chi connectivity index (χ2v) is 6.15. The van der Waals surface area contributed by atoms with E-state index in [1.807, 2.05) is 13.0 Å². The van der Waals surface area contributed by atoms with Gasteiger partial charge in [-0.2, -0.15) is 0 Å². The van der Waals surface area contributed by atoms with Crippen LogP contribution in [0.1, 0.15) is 32.3 Å². The SMILES string of the molecule is CCCC(C)C(=O)NCC1CN(Cc2ccccc2)CCO1. The molecule has 4 nitrogen and oxygen atoms in total. The zero-order valence-corrected chi connectivity index (χ0v) is 13.8. The summed E-state index contributed by atoms with van der Waals surface area (Å²) in [5.41, 5.74) is 1.32. The highest BCUT2D eigenvalue weighted by molar-refractivity contribution is 5.78. The van der Waals surface area contributed by atoms with Gasteiger partial charge in [0.25, 0.3) is 0 Å². The number of ether oxygens (including phenoxy) is 1. The largest absolute Gasteiger partial charge is 0.374 e. The van der Waals surface area contributed by atoms with Crippen molar-refractivity contribution in [2.45, 2.75) is 39.3 Å². The van der Waals surface area contributed by atoms with Gasteiger partial charge < -0.3 is 10.1 Å². The summed E-state index contributed by atoms with van der Waals surface area (Å²) < 4.78 is 5.78. The molecular formula is C18H28N2O2. The number of morpholine rings is 1. The van der Waals surface area contributed by atoms with Crippen molar-refractivity contribution in [1.29, 1.82) is 0 Å². The van der Waals surface area contributed by atoms with Crippen LogP contribution in [0.3, 0.4) is 0 Å². The summed E-state index contributed by atoms with van der Waals surface area (Å²) in [6.45, 7) is 8.21. The Labute approximate surface area is 133 Å². The third kappa shape index (κ3) is 5.43. The third-order valence-corrected chi connectivity index (χ3v) is 4.15. The molecule has 122 valence electrons. The number of nitrogens with one attached hydrogen (secondary N) is 1. The van der Waals surface area contributed by atoms with Crippen molar-refractivity contribution in [3.8, 4) is 0 Å². The molecule has 1 aliphatic heterocycles. The lowest BCUT2D eigenvalue weighted by atomic mass is 10.1. The molecule has 0 saturated carbocycles. The van der Waals surface area contributed by atoms with Gasteiger partial charge in [0.05, 0.1) is 12.7 Å². The van der Waals surface area contributed by atoms with Crippen LogP contribution in [0, 0.1) is 5.92 Å². The molecule has 4 heteroatoms. The standard InChI is InChI=1S/C18H28N2O2/c1-3-7-15(2)18(21)19-12-17-14-20(10-11-22-17)13-16-8-5-4-6-9-16/h4-6,8-9,15,17H,3,7,10-14H2,1-2H3,(H,19,21). The second kappa shape index (κ2) is 8.91. The van der Waals surface area contributed by atoms with Crippen LogP contribution >= 0.6 is 0 Å². The van der Waals surface area contributed by atoms with Gasteiger partial charge in [0.1, 0.15) is 0 Å².